The molecule has 2 aromatic rings. The molecule has 1 amide bonds. The van der Waals surface area contributed by atoms with Gasteiger partial charge in [-0.3, -0.25) is 19.1 Å². The maximum atomic E-state index is 12.7. The number of hydrogen-bond donors (Lipinski definition) is 2. The number of aromatic amines is 1. The van der Waals surface area contributed by atoms with Gasteiger partial charge in [-0.05, 0) is 31.7 Å². The Hall–Kier alpha value is -2.48. The van der Waals surface area contributed by atoms with Crippen LogP contribution in [0.5, 0.6) is 0 Å². The van der Waals surface area contributed by atoms with E-state index in [0.29, 0.717) is 24.3 Å². The van der Waals surface area contributed by atoms with E-state index in [4.69, 9.17) is 5.73 Å². The van der Waals surface area contributed by atoms with Crippen LogP contribution in [0.3, 0.4) is 0 Å². The predicted octanol–water partition coefficient (Wildman–Crippen LogP) is -0.0170. The van der Waals surface area contributed by atoms with Crippen molar-refractivity contribution in [1.29, 1.82) is 0 Å². The molecule has 3 N–H and O–H groups in total. The van der Waals surface area contributed by atoms with E-state index >= 15 is 0 Å². The highest BCUT2D eigenvalue weighted by Crippen LogP contribution is 2.34. The number of carbonyl (C=O) groups is 1. The number of fused-ring (bicyclic) bond motifs is 1. The van der Waals surface area contributed by atoms with Gasteiger partial charge in [0.15, 0.2) is 0 Å². The monoisotopic (exact) mass is 329 g/mol. The fourth-order valence-electron chi connectivity index (χ4n) is 3.44. The van der Waals surface area contributed by atoms with E-state index in [1.54, 1.807) is 4.90 Å². The molecular formula is C16H19N5O3. The number of nitrogens with one attached hydrogen (secondary N) is 1. The van der Waals surface area contributed by atoms with Gasteiger partial charge in [-0.15, -0.1) is 0 Å². The molecule has 2 aliphatic rings. The molecule has 1 saturated heterocycles. The average molecular weight is 329 g/mol. The van der Waals surface area contributed by atoms with E-state index in [1.165, 1.54) is 16.8 Å². The van der Waals surface area contributed by atoms with Crippen LogP contribution in [0.15, 0.2) is 21.9 Å². The summed E-state index contributed by atoms with van der Waals surface area (Å²) in [4.78, 5) is 45.2. The second kappa shape index (κ2) is 5.55. The van der Waals surface area contributed by atoms with Gasteiger partial charge in [0.1, 0.15) is 5.65 Å². The van der Waals surface area contributed by atoms with Gasteiger partial charge in [-0.2, -0.15) is 0 Å². The van der Waals surface area contributed by atoms with Crippen LogP contribution >= 0.6 is 0 Å². The smallest absolute Gasteiger partial charge is 0.330 e. The van der Waals surface area contributed by atoms with E-state index in [0.717, 1.165) is 25.7 Å². The van der Waals surface area contributed by atoms with Crippen molar-refractivity contribution in [2.75, 3.05) is 13.1 Å². The van der Waals surface area contributed by atoms with Crippen LogP contribution in [0.25, 0.3) is 11.0 Å². The van der Waals surface area contributed by atoms with E-state index in [1.807, 2.05) is 0 Å². The van der Waals surface area contributed by atoms with Crippen molar-refractivity contribution in [3.05, 3.63) is 38.7 Å². The molecule has 8 heteroatoms. The van der Waals surface area contributed by atoms with Crippen molar-refractivity contribution in [3.63, 3.8) is 0 Å². The lowest BCUT2D eigenvalue weighted by molar-refractivity contribution is 0.0741. The number of likely N-dealkylation sites (tertiary alicyclic amines) is 1. The Morgan fingerprint density at radius 1 is 1.33 bits per heavy atom. The van der Waals surface area contributed by atoms with E-state index in [-0.39, 0.29) is 23.4 Å². The van der Waals surface area contributed by atoms with Crippen LogP contribution in [-0.4, -0.2) is 44.5 Å². The molecule has 126 valence electrons. The number of nitrogens with zero attached hydrogens (tertiary/aromatic N) is 3. The highest BCUT2D eigenvalue weighted by molar-refractivity contribution is 5.97. The quantitative estimate of drug-likeness (QED) is 0.821. The van der Waals surface area contributed by atoms with Crippen molar-refractivity contribution in [2.45, 2.75) is 37.8 Å². The van der Waals surface area contributed by atoms with Crippen molar-refractivity contribution in [1.82, 2.24) is 19.4 Å². The topological polar surface area (TPSA) is 114 Å². The van der Waals surface area contributed by atoms with Crippen LogP contribution in [0.1, 0.15) is 42.1 Å². The zero-order chi connectivity index (χ0) is 16.8. The maximum Gasteiger partial charge on any atom is 0.330 e. The van der Waals surface area contributed by atoms with Crippen LogP contribution in [0, 0.1) is 0 Å². The van der Waals surface area contributed by atoms with Crippen molar-refractivity contribution in [2.24, 2.45) is 5.73 Å². The first kappa shape index (κ1) is 15.1. The second-order valence-electron chi connectivity index (χ2n) is 6.49. The Balaban J connectivity index is 1.80. The summed E-state index contributed by atoms with van der Waals surface area (Å²) in [6, 6.07) is 1.66. The number of hydrogen-bond acceptors (Lipinski definition) is 5. The molecule has 24 heavy (non-hydrogen) atoms. The number of H-pyrrole nitrogens is 1. The molecule has 0 spiro atoms. The molecule has 0 bridgehead atoms. The maximum absolute atomic E-state index is 12.7. The van der Waals surface area contributed by atoms with Crippen LogP contribution < -0.4 is 17.0 Å². The highest BCUT2D eigenvalue weighted by Gasteiger charge is 2.30. The third-order valence-electron chi connectivity index (χ3n) is 4.85. The molecule has 1 atom stereocenters. The predicted molar refractivity (Wildman–Crippen MR) is 88.0 cm³/mol. The molecule has 2 aromatic heterocycles. The number of amides is 1. The van der Waals surface area contributed by atoms with Gasteiger partial charge in [0, 0.05) is 31.4 Å². The fraction of sp³-hybridized carbons (Fsp3) is 0.500. The van der Waals surface area contributed by atoms with Gasteiger partial charge in [0.05, 0.1) is 10.9 Å². The van der Waals surface area contributed by atoms with Crippen molar-refractivity contribution >= 4 is 16.9 Å². The third kappa shape index (κ3) is 2.34. The highest BCUT2D eigenvalue weighted by atomic mass is 16.2. The van der Waals surface area contributed by atoms with Gasteiger partial charge in [-0.1, -0.05) is 0 Å². The minimum atomic E-state index is -0.508. The molecule has 0 radical (unpaired) electrons. The molecule has 1 saturated carbocycles. The molecule has 2 fully saturated rings. The van der Waals surface area contributed by atoms with Gasteiger partial charge in [0.25, 0.3) is 11.5 Å². The lowest BCUT2D eigenvalue weighted by Crippen LogP contribution is -2.40. The fourth-order valence-corrected chi connectivity index (χ4v) is 3.44. The summed E-state index contributed by atoms with van der Waals surface area (Å²) in [6.07, 6.45) is 5.07. The Morgan fingerprint density at radius 2 is 2.12 bits per heavy atom. The SMILES string of the molecule is NC[C@H]1CCCN1C(=O)c1cnc2c(c1)c(=O)[nH]c(=O)n2C1CC1. The van der Waals surface area contributed by atoms with Crippen LogP contribution in [0.2, 0.25) is 0 Å². The summed E-state index contributed by atoms with van der Waals surface area (Å²) in [5.41, 5.74) is 5.48. The molecular weight excluding hydrogens is 310 g/mol. The summed E-state index contributed by atoms with van der Waals surface area (Å²) in [5.74, 6) is -0.166. The lowest BCUT2D eigenvalue weighted by Gasteiger charge is -2.23. The molecule has 1 aliphatic carbocycles. The third-order valence-corrected chi connectivity index (χ3v) is 4.85. The average Bonchev–Trinajstić information content (AvgIpc) is 3.29. The number of rotatable bonds is 3. The van der Waals surface area contributed by atoms with Gasteiger partial charge >= 0.3 is 5.69 Å². The van der Waals surface area contributed by atoms with Crippen LogP contribution in [-0.2, 0) is 0 Å². The first-order valence-corrected chi connectivity index (χ1v) is 8.25. The number of carbonyl (C=O) groups excluding carboxylic acids is 1. The Morgan fingerprint density at radius 3 is 2.83 bits per heavy atom. The summed E-state index contributed by atoms with van der Waals surface area (Å²) < 4.78 is 1.52. The first-order valence-electron chi connectivity index (χ1n) is 8.25. The second-order valence-corrected chi connectivity index (χ2v) is 6.49. The normalized spacial score (nSPS) is 20.7. The number of pyridine rings is 1. The summed E-state index contributed by atoms with van der Waals surface area (Å²) in [6.45, 7) is 1.09. The van der Waals surface area contributed by atoms with E-state index in [2.05, 4.69) is 9.97 Å². The summed E-state index contributed by atoms with van der Waals surface area (Å²) >= 11 is 0. The van der Waals surface area contributed by atoms with E-state index < -0.39 is 11.2 Å². The summed E-state index contributed by atoms with van der Waals surface area (Å²) in [5, 5.41) is 0.274. The number of aromatic nitrogens is 3. The van der Waals surface area contributed by atoms with Crippen molar-refractivity contribution in [3.8, 4) is 0 Å². The zero-order valence-electron chi connectivity index (χ0n) is 13.2. The molecule has 8 nitrogen and oxygen atoms in total. The number of nitrogens with two attached hydrogens (primary N) is 1. The molecule has 0 unspecified atom stereocenters. The Labute approximate surface area is 137 Å². The minimum absolute atomic E-state index is 0.0342. The molecule has 1 aliphatic heterocycles. The van der Waals surface area contributed by atoms with Gasteiger partial charge in [-0.25, -0.2) is 9.78 Å². The summed E-state index contributed by atoms with van der Waals surface area (Å²) in [7, 11) is 0. The van der Waals surface area contributed by atoms with Crippen molar-refractivity contribution < 1.29 is 4.79 Å². The van der Waals surface area contributed by atoms with Gasteiger partial charge < -0.3 is 10.6 Å². The Bertz CT molecular complexity index is 927. The van der Waals surface area contributed by atoms with E-state index in [9.17, 15) is 14.4 Å². The van der Waals surface area contributed by atoms with Crippen LogP contribution in [0.4, 0.5) is 0 Å². The molecule has 3 heterocycles. The standard InChI is InChI=1S/C16H19N5O3/c17-7-11-2-1-5-20(11)15(23)9-6-12-13(18-8-9)21(10-3-4-10)16(24)19-14(12)22/h6,8,10-11H,1-5,7,17H2,(H,19,22,24)/t11-/m1/s1. The first-order chi connectivity index (χ1) is 11.6. The molecule has 4 rings (SSSR count). The zero-order valence-corrected chi connectivity index (χ0v) is 13.2. The van der Waals surface area contributed by atoms with Gasteiger partial charge in [0.2, 0.25) is 0 Å². The lowest BCUT2D eigenvalue weighted by atomic mass is 10.1. The molecule has 0 aromatic carbocycles. The minimum Gasteiger partial charge on any atom is -0.334 e. The Kier molecular flexibility index (Phi) is 3.49. The largest absolute Gasteiger partial charge is 0.334 e.